The van der Waals surface area contributed by atoms with Crippen molar-refractivity contribution in [1.29, 1.82) is 0 Å². The lowest BCUT2D eigenvalue weighted by Crippen LogP contribution is -2.29. The van der Waals surface area contributed by atoms with Crippen LogP contribution in [-0.4, -0.2) is 41.0 Å². The van der Waals surface area contributed by atoms with Gasteiger partial charge in [0.1, 0.15) is 28.3 Å². The highest BCUT2D eigenvalue weighted by atomic mass is 32.1. The summed E-state index contributed by atoms with van der Waals surface area (Å²) in [6.07, 6.45) is 0.625. The lowest BCUT2D eigenvalue weighted by Gasteiger charge is -2.23. The number of fused-ring (bicyclic) bond motifs is 1. The maximum absolute atomic E-state index is 13.7. The van der Waals surface area contributed by atoms with Gasteiger partial charge in [-0.2, -0.15) is 0 Å². The van der Waals surface area contributed by atoms with Crippen molar-refractivity contribution < 1.29 is 33.4 Å². The third-order valence-corrected chi connectivity index (χ3v) is 7.30. The van der Waals surface area contributed by atoms with Gasteiger partial charge in [-0.05, 0) is 55.3 Å². The molecule has 5 rings (SSSR count). The van der Waals surface area contributed by atoms with Crippen LogP contribution in [0.3, 0.4) is 0 Å². The van der Waals surface area contributed by atoms with E-state index < -0.39 is 29.5 Å². The molecule has 2 atom stereocenters. The average Bonchev–Trinajstić information content (AvgIpc) is 3.50. The number of hydrogen-bond acceptors (Lipinski definition) is 8. The molecule has 0 bridgehead atoms. The van der Waals surface area contributed by atoms with Gasteiger partial charge in [0.15, 0.2) is 5.13 Å². The van der Waals surface area contributed by atoms with E-state index in [-0.39, 0.29) is 27.4 Å². The Morgan fingerprint density at radius 3 is 2.64 bits per heavy atom. The van der Waals surface area contributed by atoms with Crippen LogP contribution in [0.4, 0.5) is 9.52 Å². The van der Waals surface area contributed by atoms with Crippen LogP contribution in [0.1, 0.15) is 45.0 Å². The first-order valence-corrected chi connectivity index (χ1v) is 11.9. The molecule has 8 nitrogen and oxygen atoms in total. The number of rotatable bonds is 4. The van der Waals surface area contributed by atoms with E-state index in [1.807, 2.05) is 6.92 Å². The molecule has 1 amide bonds. The number of methoxy groups -OCH3 is 1. The van der Waals surface area contributed by atoms with Crippen LogP contribution in [-0.2, 0) is 20.7 Å². The number of aliphatic hydroxyl groups is 1. The molecule has 0 radical (unpaired) electrons. The summed E-state index contributed by atoms with van der Waals surface area (Å²) in [4.78, 5) is 44.4. The zero-order chi connectivity index (χ0) is 25.7. The van der Waals surface area contributed by atoms with Gasteiger partial charge in [-0.1, -0.05) is 23.5 Å². The summed E-state index contributed by atoms with van der Waals surface area (Å²) in [5, 5.41) is 11.4. The average molecular weight is 509 g/mol. The predicted molar refractivity (Wildman–Crippen MR) is 130 cm³/mol. The minimum Gasteiger partial charge on any atom is -0.507 e. The molecule has 1 N–H and O–H groups in total. The quantitative estimate of drug-likeness (QED) is 0.242. The molecule has 0 saturated carbocycles. The molecule has 2 aliphatic heterocycles. The fourth-order valence-corrected chi connectivity index (χ4v) is 5.49. The number of carbonyl (C=O) groups is 3. The van der Waals surface area contributed by atoms with Crippen molar-refractivity contribution >= 4 is 39.9 Å². The van der Waals surface area contributed by atoms with E-state index in [0.29, 0.717) is 29.0 Å². The maximum Gasteiger partial charge on any atom is 0.350 e. The van der Waals surface area contributed by atoms with Crippen LogP contribution < -0.4 is 9.64 Å². The third kappa shape index (κ3) is 3.83. The topological polar surface area (TPSA) is 106 Å². The van der Waals surface area contributed by atoms with E-state index in [4.69, 9.17) is 9.47 Å². The number of benzene rings is 2. The van der Waals surface area contributed by atoms with E-state index >= 15 is 0 Å². The Morgan fingerprint density at radius 2 is 1.94 bits per heavy atom. The second kappa shape index (κ2) is 8.87. The Bertz CT molecular complexity index is 1450. The normalized spacial score (nSPS) is 20.4. The van der Waals surface area contributed by atoms with Crippen LogP contribution in [0, 0.1) is 12.7 Å². The summed E-state index contributed by atoms with van der Waals surface area (Å²) >= 11 is 0.895. The van der Waals surface area contributed by atoms with Crippen molar-refractivity contribution in [1.82, 2.24) is 4.98 Å². The predicted octanol–water partition coefficient (Wildman–Crippen LogP) is 4.33. The van der Waals surface area contributed by atoms with Crippen LogP contribution >= 0.6 is 11.3 Å². The van der Waals surface area contributed by atoms with Crippen molar-refractivity contribution in [3.8, 4) is 5.75 Å². The Hall–Kier alpha value is -4.05. The van der Waals surface area contributed by atoms with Crippen LogP contribution in [0.15, 0.2) is 48.0 Å². The van der Waals surface area contributed by atoms with E-state index in [0.717, 1.165) is 21.8 Å². The van der Waals surface area contributed by atoms with Gasteiger partial charge in [0.2, 0.25) is 0 Å². The largest absolute Gasteiger partial charge is 0.507 e. The molecule has 2 aromatic carbocycles. The standard InChI is InChI=1S/C26H21FN2O6S/c1-12-10-16-11-15(6-9-18(16)35-12)21(30)19-20(14-4-7-17(27)8-5-14)29(24(32)22(19)31)26-28-13(2)23(36-26)25(33)34-3/h4-9,11-12,20,30H,10H2,1-3H3. The maximum atomic E-state index is 13.7. The molecular weight excluding hydrogens is 487 g/mol. The van der Waals surface area contributed by atoms with Gasteiger partial charge in [0.05, 0.1) is 24.4 Å². The van der Waals surface area contributed by atoms with E-state index in [9.17, 15) is 23.9 Å². The molecule has 10 heteroatoms. The number of anilines is 1. The van der Waals surface area contributed by atoms with Crippen molar-refractivity contribution in [3.05, 3.63) is 81.1 Å². The Morgan fingerprint density at radius 1 is 1.22 bits per heavy atom. The molecule has 36 heavy (non-hydrogen) atoms. The first kappa shape index (κ1) is 23.7. The third-order valence-electron chi connectivity index (χ3n) is 6.16. The molecule has 3 heterocycles. The highest BCUT2D eigenvalue weighted by Gasteiger charge is 2.48. The summed E-state index contributed by atoms with van der Waals surface area (Å²) in [6.45, 7) is 3.52. The van der Waals surface area contributed by atoms with E-state index in [1.54, 1.807) is 25.1 Å². The second-order valence-electron chi connectivity index (χ2n) is 8.58. The van der Waals surface area contributed by atoms with Crippen LogP contribution in [0.25, 0.3) is 5.76 Å². The summed E-state index contributed by atoms with van der Waals surface area (Å²) in [5.74, 6) is -2.63. The molecule has 1 fully saturated rings. The lowest BCUT2D eigenvalue weighted by atomic mass is 9.94. The van der Waals surface area contributed by atoms with Gasteiger partial charge in [-0.15, -0.1) is 0 Å². The number of carbonyl (C=O) groups excluding carboxylic acids is 3. The number of ketones is 1. The summed E-state index contributed by atoms with van der Waals surface area (Å²) in [6, 6.07) is 9.25. The SMILES string of the molecule is COC(=O)c1sc(N2C(=O)C(=O)C(=C(O)c3ccc4c(c3)CC(C)O4)C2c2ccc(F)cc2)nc1C. The smallest absolute Gasteiger partial charge is 0.350 e. The number of ether oxygens (including phenoxy) is 2. The van der Waals surface area contributed by atoms with Crippen molar-refractivity contribution in [2.45, 2.75) is 32.4 Å². The summed E-state index contributed by atoms with van der Waals surface area (Å²) < 4.78 is 24.2. The molecule has 3 aromatic rings. The molecular formula is C26H21FN2O6S. The summed E-state index contributed by atoms with van der Waals surface area (Å²) in [5.41, 5.74) is 1.78. The van der Waals surface area contributed by atoms with Crippen LogP contribution in [0.2, 0.25) is 0 Å². The molecule has 184 valence electrons. The minimum absolute atomic E-state index is 0.0145. The Labute approximate surface area is 209 Å². The monoisotopic (exact) mass is 508 g/mol. The van der Waals surface area contributed by atoms with E-state index in [2.05, 4.69) is 4.98 Å². The number of aryl methyl sites for hydroxylation is 1. The van der Waals surface area contributed by atoms with E-state index in [1.165, 1.54) is 31.4 Å². The first-order valence-electron chi connectivity index (χ1n) is 11.1. The molecule has 1 saturated heterocycles. The van der Waals surface area contributed by atoms with Gasteiger partial charge in [-0.3, -0.25) is 14.5 Å². The zero-order valence-electron chi connectivity index (χ0n) is 19.6. The Balaban J connectivity index is 1.68. The minimum atomic E-state index is -1.09. The van der Waals surface area contributed by atoms with Crippen molar-refractivity contribution in [2.75, 3.05) is 12.0 Å². The molecule has 0 aliphatic carbocycles. The molecule has 0 spiro atoms. The highest BCUT2D eigenvalue weighted by Crippen LogP contribution is 2.44. The van der Waals surface area contributed by atoms with Crippen molar-refractivity contribution in [2.24, 2.45) is 0 Å². The molecule has 1 aromatic heterocycles. The first-order chi connectivity index (χ1) is 17.2. The number of nitrogens with zero attached hydrogens (tertiary/aromatic N) is 2. The van der Waals surface area contributed by atoms with Crippen LogP contribution in [0.5, 0.6) is 5.75 Å². The Kier molecular flexibility index (Phi) is 5.83. The fraction of sp³-hybridized carbons (Fsp3) is 0.231. The number of aliphatic hydroxyl groups excluding tert-OH is 1. The number of aromatic nitrogens is 1. The number of amides is 1. The highest BCUT2D eigenvalue weighted by molar-refractivity contribution is 7.17. The number of esters is 1. The second-order valence-corrected chi connectivity index (χ2v) is 9.56. The molecule has 2 aliphatic rings. The van der Waals surface area contributed by atoms with Gasteiger partial charge >= 0.3 is 11.9 Å². The number of hydrogen-bond donors (Lipinski definition) is 1. The summed E-state index contributed by atoms with van der Waals surface area (Å²) in [7, 11) is 1.23. The number of Topliss-reactive ketones (excluding diaryl/α,β-unsaturated/α-hetero) is 1. The van der Waals surface area contributed by atoms with Gasteiger partial charge in [0, 0.05) is 12.0 Å². The van der Waals surface area contributed by atoms with Gasteiger partial charge in [0.25, 0.3) is 5.78 Å². The van der Waals surface area contributed by atoms with Gasteiger partial charge < -0.3 is 14.6 Å². The zero-order valence-corrected chi connectivity index (χ0v) is 20.4. The lowest BCUT2D eigenvalue weighted by molar-refractivity contribution is -0.132. The molecule has 2 unspecified atom stereocenters. The van der Waals surface area contributed by atoms with Crippen molar-refractivity contribution in [3.63, 3.8) is 0 Å². The fourth-order valence-electron chi connectivity index (χ4n) is 4.48. The number of halogens is 1. The van der Waals surface area contributed by atoms with Gasteiger partial charge in [-0.25, -0.2) is 14.2 Å². The number of thiazole rings is 1.